The van der Waals surface area contributed by atoms with Crippen molar-refractivity contribution in [3.63, 3.8) is 0 Å². The lowest BCUT2D eigenvalue weighted by Crippen LogP contribution is -2.24. The summed E-state index contributed by atoms with van der Waals surface area (Å²) in [5.41, 5.74) is 7.36. The summed E-state index contributed by atoms with van der Waals surface area (Å²) >= 11 is 2.24. The Morgan fingerprint density at radius 2 is 2.27 bits per heavy atom. The molecular formula is C16H20IN3O2. The summed E-state index contributed by atoms with van der Waals surface area (Å²) in [6, 6.07) is 7.67. The molecule has 1 amide bonds. The van der Waals surface area contributed by atoms with Crippen LogP contribution in [0.5, 0.6) is 0 Å². The molecule has 1 heterocycles. The van der Waals surface area contributed by atoms with Gasteiger partial charge in [0.1, 0.15) is 6.26 Å². The zero-order valence-corrected chi connectivity index (χ0v) is 14.8. The minimum Gasteiger partial charge on any atom is -0.446 e. The van der Waals surface area contributed by atoms with Crippen LogP contribution in [-0.2, 0) is 6.54 Å². The Hall–Kier alpha value is -1.41. The maximum absolute atomic E-state index is 12.1. The molecule has 0 aliphatic carbocycles. The number of rotatable bonds is 6. The number of halogens is 1. The van der Waals surface area contributed by atoms with Gasteiger partial charge >= 0.3 is 0 Å². The first-order valence-corrected chi connectivity index (χ1v) is 8.32. The molecule has 0 bridgehead atoms. The number of nitrogens with one attached hydrogen (secondary N) is 1. The van der Waals surface area contributed by atoms with E-state index in [1.807, 2.05) is 31.2 Å². The van der Waals surface area contributed by atoms with Crippen LogP contribution in [0, 0.1) is 9.49 Å². The van der Waals surface area contributed by atoms with Gasteiger partial charge in [-0.1, -0.05) is 32.4 Å². The fourth-order valence-corrected chi connectivity index (χ4v) is 2.57. The van der Waals surface area contributed by atoms with E-state index in [9.17, 15) is 4.79 Å². The van der Waals surface area contributed by atoms with Crippen LogP contribution < -0.4 is 11.1 Å². The molecule has 118 valence electrons. The molecule has 5 nitrogen and oxygen atoms in total. The van der Waals surface area contributed by atoms with Gasteiger partial charge in [-0.25, -0.2) is 4.98 Å². The van der Waals surface area contributed by atoms with Gasteiger partial charge in [-0.3, -0.25) is 4.79 Å². The van der Waals surface area contributed by atoms with Crippen LogP contribution in [0.4, 0.5) is 0 Å². The maximum Gasteiger partial charge on any atom is 0.273 e. The fourth-order valence-electron chi connectivity index (χ4n) is 1.96. The lowest BCUT2D eigenvalue weighted by molar-refractivity contribution is 0.0946. The van der Waals surface area contributed by atoms with Gasteiger partial charge in [-0.15, -0.1) is 0 Å². The van der Waals surface area contributed by atoms with Crippen LogP contribution >= 0.6 is 22.6 Å². The van der Waals surface area contributed by atoms with E-state index in [2.05, 4.69) is 39.8 Å². The molecule has 6 heteroatoms. The average molecular weight is 413 g/mol. The Labute approximate surface area is 143 Å². The molecule has 0 saturated carbocycles. The molecule has 0 radical (unpaired) electrons. The summed E-state index contributed by atoms with van der Waals surface area (Å²) < 4.78 is 6.48. The van der Waals surface area contributed by atoms with E-state index in [0.29, 0.717) is 12.4 Å². The van der Waals surface area contributed by atoms with Crippen molar-refractivity contribution in [2.45, 2.75) is 32.9 Å². The van der Waals surface area contributed by atoms with Gasteiger partial charge < -0.3 is 15.5 Å². The molecular weight excluding hydrogens is 393 g/mol. The van der Waals surface area contributed by atoms with Crippen molar-refractivity contribution in [3.05, 3.63) is 51.2 Å². The lowest BCUT2D eigenvalue weighted by Gasteiger charge is -2.13. The van der Waals surface area contributed by atoms with Crippen molar-refractivity contribution >= 4 is 28.5 Å². The molecule has 2 unspecified atom stereocenters. The number of amides is 1. The largest absolute Gasteiger partial charge is 0.446 e. The van der Waals surface area contributed by atoms with Gasteiger partial charge in [0.2, 0.25) is 5.89 Å². The fraction of sp³-hybridized carbons (Fsp3) is 0.375. The number of hydrogen-bond acceptors (Lipinski definition) is 4. The zero-order valence-electron chi connectivity index (χ0n) is 12.7. The van der Waals surface area contributed by atoms with E-state index in [-0.39, 0.29) is 23.6 Å². The Balaban J connectivity index is 1.97. The molecule has 0 spiro atoms. The molecule has 0 saturated heterocycles. The number of benzene rings is 1. The van der Waals surface area contributed by atoms with Crippen LogP contribution in [0.25, 0.3) is 0 Å². The molecule has 3 N–H and O–H groups in total. The van der Waals surface area contributed by atoms with Crippen LogP contribution in [-0.4, -0.2) is 10.9 Å². The van der Waals surface area contributed by atoms with Gasteiger partial charge in [0.15, 0.2) is 5.69 Å². The highest BCUT2D eigenvalue weighted by molar-refractivity contribution is 14.1. The summed E-state index contributed by atoms with van der Waals surface area (Å²) in [6.07, 6.45) is 2.29. The molecule has 0 aliphatic rings. The Kier molecular flexibility index (Phi) is 5.96. The van der Waals surface area contributed by atoms with E-state index < -0.39 is 0 Å². The number of aromatic nitrogens is 1. The zero-order chi connectivity index (χ0) is 16.1. The van der Waals surface area contributed by atoms with Crippen molar-refractivity contribution in [1.82, 2.24) is 10.3 Å². The standard InChI is InChI=1S/C16H20IN3O2/c1-3-10(2)14(18)16-20-13(9-22-16)15(21)19-8-11-5-4-6-12(17)7-11/h4-7,9-10,14H,3,8,18H2,1-2H3,(H,19,21). The van der Waals surface area contributed by atoms with Gasteiger partial charge in [-0.05, 0) is 46.2 Å². The Bertz CT molecular complexity index is 642. The minimum absolute atomic E-state index is 0.251. The Morgan fingerprint density at radius 1 is 1.50 bits per heavy atom. The van der Waals surface area contributed by atoms with Gasteiger partial charge in [0.05, 0.1) is 6.04 Å². The van der Waals surface area contributed by atoms with Gasteiger partial charge in [0, 0.05) is 10.1 Å². The molecule has 1 aromatic carbocycles. The monoisotopic (exact) mass is 413 g/mol. The molecule has 0 aliphatic heterocycles. The first kappa shape index (κ1) is 17.0. The SMILES string of the molecule is CCC(C)C(N)c1nc(C(=O)NCc2cccc(I)c2)co1. The number of nitrogens with zero attached hydrogens (tertiary/aromatic N) is 1. The highest BCUT2D eigenvalue weighted by Crippen LogP contribution is 2.21. The predicted octanol–water partition coefficient (Wildman–Crippen LogP) is 3.26. The summed E-state index contributed by atoms with van der Waals surface area (Å²) in [4.78, 5) is 16.3. The molecule has 2 aromatic rings. The number of nitrogens with two attached hydrogens (primary N) is 1. The first-order chi connectivity index (χ1) is 10.5. The number of hydrogen-bond donors (Lipinski definition) is 2. The third-order valence-corrected chi connectivity index (χ3v) is 4.31. The lowest BCUT2D eigenvalue weighted by atomic mass is 10.0. The molecule has 2 atom stereocenters. The smallest absolute Gasteiger partial charge is 0.273 e. The minimum atomic E-state index is -0.290. The maximum atomic E-state index is 12.1. The summed E-state index contributed by atoms with van der Waals surface area (Å²) in [7, 11) is 0. The topological polar surface area (TPSA) is 81.1 Å². The second-order valence-electron chi connectivity index (χ2n) is 5.29. The molecule has 1 aromatic heterocycles. The van der Waals surface area contributed by atoms with E-state index in [1.54, 1.807) is 0 Å². The van der Waals surface area contributed by atoms with Crippen molar-refractivity contribution < 1.29 is 9.21 Å². The second kappa shape index (κ2) is 7.73. The van der Waals surface area contributed by atoms with Crippen molar-refractivity contribution in [1.29, 1.82) is 0 Å². The van der Waals surface area contributed by atoms with Gasteiger partial charge in [-0.2, -0.15) is 0 Å². The van der Waals surface area contributed by atoms with Crippen molar-refractivity contribution in [3.8, 4) is 0 Å². The highest BCUT2D eigenvalue weighted by atomic mass is 127. The van der Waals surface area contributed by atoms with Crippen LogP contribution in [0.15, 0.2) is 34.9 Å². The van der Waals surface area contributed by atoms with Crippen LogP contribution in [0.1, 0.15) is 48.3 Å². The summed E-state index contributed by atoms with van der Waals surface area (Å²) in [5, 5.41) is 2.83. The summed E-state index contributed by atoms with van der Waals surface area (Å²) in [6.45, 7) is 4.54. The van der Waals surface area contributed by atoms with E-state index in [1.165, 1.54) is 6.26 Å². The van der Waals surface area contributed by atoms with E-state index in [4.69, 9.17) is 10.2 Å². The number of oxazole rings is 1. The number of carbonyl (C=O) groups excluding carboxylic acids is 1. The van der Waals surface area contributed by atoms with E-state index in [0.717, 1.165) is 15.6 Å². The third-order valence-electron chi connectivity index (χ3n) is 3.64. The highest BCUT2D eigenvalue weighted by Gasteiger charge is 2.20. The van der Waals surface area contributed by atoms with Crippen molar-refractivity contribution in [2.75, 3.05) is 0 Å². The molecule has 22 heavy (non-hydrogen) atoms. The third kappa shape index (κ3) is 4.30. The normalized spacial score (nSPS) is 13.6. The van der Waals surface area contributed by atoms with Crippen LogP contribution in [0.2, 0.25) is 0 Å². The molecule has 2 rings (SSSR count). The first-order valence-electron chi connectivity index (χ1n) is 7.25. The summed E-state index contributed by atoms with van der Waals surface area (Å²) in [5.74, 6) is 0.403. The Morgan fingerprint density at radius 3 is 2.95 bits per heavy atom. The number of carbonyl (C=O) groups is 1. The second-order valence-corrected chi connectivity index (χ2v) is 6.54. The molecule has 0 fully saturated rings. The van der Waals surface area contributed by atoms with Gasteiger partial charge in [0.25, 0.3) is 5.91 Å². The quantitative estimate of drug-likeness (QED) is 0.713. The van der Waals surface area contributed by atoms with E-state index >= 15 is 0 Å². The average Bonchev–Trinajstić information content (AvgIpc) is 3.01. The van der Waals surface area contributed by atoms with Crippen molar-refractivity contribution in [2.24, 2.45) is 11.7 Å². The predicted molar refractivity (Wildman–Crippen MR) is 93.2 cm³/mol. The van der Waals surface area contributed by atoms with Crippen LogP contribution in [0.3, 0.4) is 0 Å².